The third kappa shape index (κ3) is 2.70. The highest BCUT2D eigenvalue weighted by molar-refractivity contribution is 5.82. The van der Waals surface area contributed by atoms with Crippen molar-refractivity contribution in [3.8, 4) is 0 Å². The molecule has 0 bridgehead atoms. The minimum absolute atomic E-state index is 0.0287. The zero-order chi connectivity index (χ0) is 14.9. The summed E-state index contributed by atoms with van der Waals surface area (Å²) in [5.74, 6) is 0.602. The van der Waals surface area contributed by atoms with E-state index in [0.717, 1.165) is 22.3 Å². The van der Waals surface area contributed by atoms with Crippen LogP contribution in [0.3, 0.4) is 0 Å². The number of hydrogen-bond acceptors (Lipinski definition) is 3. The molecule has 0 aliphatic heterocycles. The molecule has 2 rings (SSSR count). The molecule has 108 valence electrons. The number of amides is 1. The van der Waals surface area contributed by atoms with E-state index in [9.17, 15) is 4.79 Å². The Morgan fingerprint density at radius 3 is 2.65 bits per heavy atom. The van der Waals surface area contributed by atoms with Crippen LogP contribution in [0.5, 0.6) is 0 Å². The lowest BCUT2D eigenvalue weighted by Gasteiger charge is -2.23. The molecule has 1 unspecified atom stereocenters. The van der Waals surface area contributed by atoms with Crippen LogP contribution in [0.1, 0.15) is 38.1 Å². The summed E-state index contributed by atoms with van der Waals surface area (Å²) >= 11 is 0. The Balaban J connectivity index is 2.18. The standard InChI is InChI=1S/C16H22N2O2/c1-10-12-7-5-6-8-13(12)20-14(10)11(2)18-9-16(3,4)15(17)19/h5-8,11,18H,9H2,1-4H3,(H2,17,19). The summed E-state index contributed by atoms with van der Waals surface area (Å²) in [5, 5.41) is 4.46. The maximum Gasteiger partial charge on any atom is 0.224 e. The first-order valence-electron chi connectivity index (χ1n) is 6.84. The summed E-state index contributed by atoms with van der Waals surface area (Å²) in [6, 6.07) is 8.01. The second kappa shape index (κ2) is 5.29. The average molecular weight is 274 g/mol. The lowest BCUT2D eigenvalue weighted by atomic mass is 9.92. The van der Waals surface area contributed by atoms with Gasteiger partial charge in [0.05, 0.1) is 11.5 Å². The van der Waals surface area contributed by atoms with Crippen molar-refractivity contribution in [3.63, 3.8) is 0 Å². The van der Waals surface area contributed by atoms with Crippen molar-refractivity contribution >= 4 is 16.9 Å². The molecule has 2 aromatic rings. The van der Waals surface area contributed by atoms with Crippen LogP contribution >= 0.6 is 0 Å². The molecule has 1 aromatic carbocycles. The van der Waals surface area contributed by atoms with Gasteiger partial charge in [-0.2, -0.15) is 0 Å². The molecule has 1 amide bonds. The molecule has 0 saturated heterocycles. The first-order chi connectivity index (χ1) is 9.33. The van der Waals surface area contributed by atoms with E-state index in [4.69, 9.17) is 10.2 Å². The molecule has 4 heteroatoms. The van der Waals surface area contributed by atoms with Crippen LogP contribution in [-0.4, -0.2) is 12.5 Å². The largest absolute Gasteiger partial charge is 0.459 e. The highest BCUT2D eigenvalue weighted by Gasteiger charge is 2.26. The molecule has 1 aromatic heterocycles. The molecule has 20 heavy (non-hydrogen) atoms. The molecule has 3 N–H and O–H groups in total. The third-order valence-corrected chi connectivity index (χ3v) is 3.79. The summed E-state index contributed by atoms with van der Waals surface area (Å²) in [7, 11) is 0. The number of fused-ring (bicyclic) bond motifs is 1. The Hall–Kier alpha value is -1.81. The molecular weight excluding hydrogens is 252 g/mol. The van der Waals surface area contributed by atoms with Gasteiger partial charge in [-0.1, -0.05) is 18.2 Å². The number of benzene rings is 1. The fourth-order valence-corrected chi connectivity index (χ4v) is 2.19. The highest BCUT2D eigenvalue weighted by Crippen LogP contribution is 2.29. The molecule has 0 aliphatic carbocycles. The number of carbonyl (C=O) groups excluding carboxylic acids is 1. The molecule has 0 radical (unpaired) electrons. The predicted octanol–water partition coefficient (Wildman–Crippen LogP) is 2.90. The number of aryl methyl sites for hydroxylation is 1. The Labute approximate surface area is 119 Å². The van der Waals surface area contributed by atoms with E-state index in [1.165, 1.54) is 0 Å². The smallest absolute Gasteiger partial charge is 0.224 e. The van der Waals surface area contributed by atoms with Crippen molar-refractivity contribution in [1.29, 1.82) is 0 Å². The first kappa shape index (κ1) is 14.6. The maximum absolute atomic E-state index is 11.3. The van der Waals surface area contributed by atoms with E-state index < -0.39 is 5.41 Å². The van der Waals surface area contributed by atoms with E-state index >= 15 is 0 Å². The van der Waals surface area contributed by atoms with E-state index in [1.807, 2.05) is 39.0 Å². The summed E-state index contributed by atoms with van der Waals surface area (Å²) < 4.78 is 5.91. The number of nitrogens with two attached hydrogens (primary N) is 1. The van der Waals surface area contributed by atoms with Crippen LogP contribution < -0.4 is 11.1 Å². The molecule has 0 fully saturated rings. The van der Waals surface area contributed by atoms with E-state index in [2.05, 4.69) is 18.3 Å². The lowest BCUT2D eigenvalue weighted by molar-refractivity contribution is -0.125. The highest BCUT2D eigenvalue weighted by atomic mass is 16.3. The SMILES string of the molecule is Cc1c(C(C)NCC(C)(C)C(N)=O)oc2ccccc12. The monoisotopic (exact) mass is 274 g/mol. The van der Waals surface area contributed by atoms with Gasteiger partial charge < -0.3 is 15.5 Å². The number of primary amides is 1. The minimum atomic E-state index is -0.575. The van der Waals surface area contributed by atoms with E-state index in [0.29, 0.717) is 6.54 Å². The second-order valence-corrected chi connectivity index (χ2v) is 5.94. The number of para-hydroxylation sites is 1. The van der Waals surface area contributed by atoms with Gasteiger partial charge in [-0.15, -0.1) is 0 Å². The number of furan rings is 1. The van der Waals surface area contributed by atoms with Crippen LogP contribution in [-0.2, 0) is 4.79 Å². The number of carbonyl (C=O) groups is 1. The van der Waals surface area contributed by atoms with Gasteiger partial charge in [-0.25, -0.2) is 0 Å². The Morgan fingerprint density at radius 2 is 2.05 bits per heavy atom. The van der Waals surface area contributed by atoms with Crippen LogP contribution in [0.15, 0.2) is 28.7 Å². The predicted molar refractivity (Wildman–Crippen MR) is 80.3 cm³/mol. The summed E-state index contributed by atoms with van der Waals surface area (Å²) in [5.41, 5.74) is 6.84. The van der Waals surface area contributed by atoms with Gasteiger partial charge >= 0.3 is 0 Å². The third-order valence-electron chi connectivity index (χ3n) is 3.79. The number of rotatable bonds is 5. The zero-order valence-electron chi connectivity index (χ0n) is 12.5. The molecule has 0 aliphatic rings. The van der Waals surface area contributed by atoms with Gasteiger partial charge in [-0.3, -0.25) is 4.79 Å². The Morgan fingerprint density at radius 1 is 1.40 bits per heavy atom. The number of nitrogens with one attached hydrogen (secondary N) is 1. The Bertz CT molecular complexity index is 628. The molecule has 0 saturated carbocycles. The second-order valence-electron chi connectivity index (χ2n) is 5.94. The van der Waals surface area contributed by atoms with Gasteiger partial charge in [0, 0.05) is 11.9 Å². The van der Waals surface area contributed by atoms with E-state index in [-0.39, 0.29) is 11.9 Å². The number of hydrogen-bond donors (Lipinski definition) is 2. The lowest BCUT2D eigenvalue weighted by Crippen LogP contribution is -2.41. The topological polar surface area (TPSA) is 68.3 Å². The summed E-state index contributed by atoms with van der Waals surface area (Å²) in [4.78, 5) is 11.3. The molecule has 0 spiro atoms. The van der Waals surface area contributed by atoms with Crippen LogP contribution in [0.25, 0.3) is 11.0 Å². The minimum Gasteiger partial charge on any atom is -0.459 e. The van der Waals surface area contributed by atoms with Crippen molar-refractivity contribution in [2.24, 2.45) is 11.1 Å². The van der Waals surface area contributed by atoms with Crippen molar-refractivity contribution < 1.29 is 9.21 Å². The Kier molecular flexibility index (Phi) is 3.86. The van der Waals surface area contributed by atoms with Crippen LogP contribution in [0, 0.1) is 12.3 Å². The van der Waals surface area contributed by atoms with Gasteiger partial charge in [0.1, 0.15) is 11.3 Å². The maximum atomic E-state index is 11.3. The van der Waals surface area contributed by atoms with E-state index in [1.54, 1.807) is 0 Å². The van der Waals surface area contributed by atoms with Gasteiger partial charge in [0.2, 0.25) is 5.91 Å². The molecule has 1 atom stereocenters. The molecule has 4 nitrogen and oxygen atoms in total. The van der Waals surface area contributed by atoms with Crippen LogP contribution in [0.2, 0.25) is 0 Å². The van der Waals surface area contributed by atoms with Crippen molar-refractivity contribution in [2.75, 3.05) is 6.54 Å². The molecule has 1 heterocycles. The van der Waals surface area contributed by atoms with Crippen molar-refractivity contribution in [1.82, 2.24) is 5.32 Å². The van der Waals surface area contributed by atoms with Gasteiger partial charge in [0.15, 0.2) is 0 Å². The van der Waals surface area contributed by atoms with Gasteiger partial charge in [-0.05, 0) is 39.3 Å². The summed E-state index contributed by atoms with van der Waals surface area (Å²) in [6.07, 6.45) is 0. The fourth-order valence-electron chi connectivity index (χ4n) is 2.19. The fraction of sp³-hybridized carbons (Fsp3) is 0.438. The zero-order valence-corrected chi connectivity index (χ0v) is 12.5. The average Bonchev–Trinajstić information content (AvgIpc) is 2.74. The van der Waals surface area contributed by atoms with Crippen LogP contribution in [0.4, 0.5) is 0 Å². The summed E-state index contributed by atoms with van der Waals surface area (Å²) in [6.45, 7) is 8.27. The first-order valence-corrected chi connectivity index (χ1v) is 6.84. The quantitative estimate of drug-likeness (QED) is 0.881. The van der Waals surface area contributed by atoms with Crippen molar-refractivity contribution in [2.45, 2.75) is 33.7 Å². The van der Waals surface area contributed by atoms with Crippen molar-refractivity contribution in [3.05, 3.63) is 35.6 Å². The van der Waals surface area contributed by atoms with Gasteiger partial charge in [0.25, 0.3) is 0 Å². The molecular formula is C16H22N2O2. The normalized spacial score (nSPS) is 13.6.